The van der Waals surface area contributed by atoms with E-state index in [9.17, 15) is 13.2 Å². The lowest BCUT2D eigenvalue weighted by molar-refractivity contribution is -0.138. The Hall–Kier alpha value is -3.15. The number of nitrogens with zero attached hydrogens (tertiary/aromatic N) is 2. The summed E-state index contributed by atoms with van der Waals surface area (Å²) >= 11 is 0. The fraction of sp³-hybridized carbons (Fsp3) is 0.200. The molecule has 0 atom stereocenters. The van der Waals surface area contributed by atoms with E-state index in [1.54, 1.807) is 30.3 Å². The van der Waals surface area contributed by atoms with Gasteiger partial charge < -0.3 is 9.47 Å². The second kappa shape index (κ2) is 9.17. The Morgan fingerprint density at radius 1 is 1.18 bits per heavy atom. The Kier molecular flexibility index (Phi) is 6.93. The Morgan fingerprint density at radius 3 is 2.43 bits per heavy atom. The van der Waals surface area contributed by atoms with E-state index in [0.29, 0.717) is 11.1 Å². The lowest BCUT2D eigenvalue weighted by atomic mass is 10.2. The second-order valence-corrected chi connectivity index (χ2v) is 8.07. The van der Waals surface area contributed by atoms with E-state index < -0.39 is 16.0 Å². The first-order valence-corrected chi connectivity index (χ1v) is 9.66. The topological polar surface area (TPSA) is 96.7 Å². The molecule has 0 aliphatic carbocycles. The molecule has 0 aliphatic rings. The van der Waals surface area contributed by atoms with Gasteiger partial charge in [0.25, 0.3) is 0 Å². The highest BCUT2D eigenvalue weighted by molar-refractivity contribution is 7.89. The Balaban J connectivity index is 2.10. The number of esters is 1. The van der Waals surface area contributed by atoms with Crippen molar-refractivity contribution < 1.29 is 22.7 Å². The zero-order valence-corrected chi connectivity index (χ0v) is 16.6. The summed E-state index contributed by atoms with van der Waals surface area (Å²) in [7, 11) is 0.548. The van der Waals surface area contributed by atoms with Crippen molar-refractivity contribution in [2.24, 2.45) is 0 Å². The number of benzene rings is 2. The summed E-state index contributed by atoms with van der Waals surface area (Å²) in [5, 5.41) is 8.77. The number of nitriles is 1. The first-order chi connectivity index (χ1) is 13.3. The van der Waals surface area contributed by atoms with Crippen molar-refractivity contribution in [3.05, 3.63) is 65.2 Å². The van der Waals surface area contributed by atoms with Gasteiger partial charge >= 0.3 is 5.97 Å². The van der Waals surface area contributed by atoms with Crippen LogP contribution in [0.2, 0.25) is 0 Å². The zero-order valence-electron chi connectivity index (χ0n) is 15.7. The van der Waals surface area contributed by atoms with E-state index in [2.05, 4.69) is 0 Å². The molecule has 0 saturated carbocycles. The molecule has 0 radical (unpaired) electrons. The van der Waals surface area contributed by atoms with Crippen molar-refractivity contribution in [3.8, 4) is 11.8 Å². The monoisotopic (exact) mass is 400 g/mol. The molecule has 2 rings (SSSR count). The van der Waals surface area contributed by atoms with Gasteiger partial charge in [-0.2, -0.15) is 5.26 Å². The minimum Gasteiger partial charge on any atom is -0.495 e. The van der Waals surface area contributed by atoms with Crippen molar-refractivity contribution in [2.75, 3.05) is 21.2 Å². The third kappa shape index (κ3) is 5.19. The molecule has 0 heterocycles. The van der Waals surface area contributed by atoms with Crippen molar-refractivity contribution in [1.82, 2.24) is 4.31 Å². The maximum Gasteiger partial charge on any atom is 0.331 e. The number of carbonyl (C=O) groups excluding carboxylic acids is 1. The van der Waals surface area contributed by atoms with Crippen LogP contribution in [0.15, 0.2) is 53.4 Å². The lowest BCUT2D eigenvalue weighted by Gasteiger charge is -2.14. The standard InChI is InChI=1S/C20H20N2O5S/c1-22(2)28(24,25)19-12-15(8-10-18(19)26-3)9-11-20(23)27-14-17-6-4-16(13-21)5-7-17/h4-12H,14H2,1-3H3/b11-9+. The normalized spacial score (nSPS) is 11.4. The van der Waals surface area contributed by atoms with Crippen molar-refractivity contribution >= 4 is 22.1 Å². The van der Waals surface area contributed by atoms with Gasteiger partial charge in [-0.1, -0.05) is 18.2 Å². The highest BCUT2D eigenvalue weighted by Crippen LogP contribution is 2.27. The number of sulfonamides is 1. The molecule has 0 saturated heterocycles. The van der Waals surface area contributed by atoms with Crippen LogP contribution in [0.25, 0.3) is 6.08 Å². The predicted octanol–water partition coefficient (Wildman–Crippen LogP) is 2.57. The highest BCUT2D eigenvalue weighted by Gasteiger charge is 2.22. The van der Waals surface area contributed by atoms with Crippen LogP contribution < -0.4 is 4.74 Å². The second-order valence-electron chi connectivity index (χ2n) is 5.95. The summed E-state index contributed by atoms with van der Waals surface area (Å²) in [5.41, 5.74) is 1.79. The number of methoxy groups -OCH3 is 1. The Morgan fingerprint density at radius 2 is 1.86 bits per heavy atom. The number of hydrogen-bond donors (Lipinski definition) is 0. The van der Waals surface area contributed by atoms with Crippen molar-refractivity contribution in [1.29, 1.82) is 5.26 Å². The van der Waals surface area contributed by atoms with Gasteiger partial charge in [-0.15, -0.1) is 0 Å². The minimum absolute atomic E-state index is 0.00750. The van der Waals surface area contributed by atoms with Crippen LogP contribution in [0.1, 0.15) is 16.7 Å². The van der Waals surface area contributed by atoms with Crippen molar-refractivity contribution in [3.63, 3.8) is 0 Å². The fourth-order valence-electron chi connectivity index (χ4n) is 2.24. The van der Waals surface area contributed by atoms with Gasteiger partial charge in [0.2, 0.25) is 10.0 Å². The molecule has 8 heteroatoms. The molecule has 0 fully saturated rings. The molecule has 28 heavy (non-hydrogen) atoms. The molecule has 2 aromatic rings. The third-order valence-corrected chi connectivity index (χ3v) is 5.66. The summed E-state index contributed by atoms with van der Waals surface area (Å²) in [6.45, 7) is 0.0672. The van der Waals surface area contributed by atoms with Gasteiger partial charge in [0.15, 0.2) is 0 Å². The lowest BCUT2D eigenvalue weighted by Crippen LogP contribution is -2.22. The molecular weight excluding hydrogens is 380 g/mol. The molecule has 0 amide bonds. The molecule has 0 bridgehead atoms. The maximum atomic E-state index is 12.4. The quantitative estimate of drug-likeness (QED) is 0.523. The average molecular weight is 400 g/mol. The molecule has 0 aromatic heterocycles. The average Bonchev–Trinajstić information content (AvgIpc) is 2.70. The fourth-order valence-corrected chi connectivity index (χ4v) is 3.32. The third-order valence-electron chi connectivity index (χ3n) is 3.82. The van der Waals surface area contributed by atoms with Gasteiger partial charge in [0.1, 0.15) is 17.3 Å². The van der Waals surface area contributed by atoms with Crippen LogP contribution in [-0.4, -0.2) is 39.9 Å². The summed E-state index contributed by atoms with van der Waals surface area (Å²) in [6, 6.07) is 13.3. The summed E-state index contributed by atoms with van der Waals surface area (Å²) < 4.78 is 36.2. The van der Waals surface area contributed by atoms with Crippen LogP contribution >= 0.6 is 0 Å². The van der Waals surface area contributed by atoms with Gasteiger partial charge in [-0.25, -0.2) is 17.5 Å². The SMILES string of the molecule is COc1ccc(/C=C/C(=O)OCc2ccc(C#N)cc2)cc1S(=O)(=O)N(C)C. The molecule has 0 spiro atoms. The largest absolute Gasteiger partial charge is 0.495 e. The number of rotatable bonds is 7. The number of ether oxygens (including phenoxy) is 2. The molecule has 2 aromatic carbocycles. The summed E-state index contributed by atoms with van der Waals surface area (Å²) in [6.07, 6.45) is 2.69. The molecule has 0 aliphatic heterocycles. The zero-order chi connectivity index (χ0) is 20.7. The van der Waals surface area contributed by atoms with Crippen LogP contribution in [0.5, 0.6) is 5.75 Å². The molecular formula is C20H20N2O5S. The van der Waals surface area contributed by atoms with Crippen LogP contribution in [0.3, 0.4) is 0 Å². The first-order valence-electron chi connectivity index (χ1n) is 8.22. The van der Waals surface area contributed by atoms with E-state index in [4.69, 9.17) is 14.7 Å². The van der Waals surface area contributed by atoms with Crippen LogP contribution in [0, 0.1) is 11.3 Å². The Labute approximate surface area is 164 Å². The first kappa shape index (κ1) is 21.2. The predicted molar refractivity (Wildman–Crippen MR) is 104 cm³/mol. The smallest absolute Gasteiger partial charge is 0.331 e. The van der Waals surface area contributed by atoms with E-state index >= 15 is 0 Å². The summed E-state index contributed by atoms with van der Waals surface area (Å²) in [4.78, 5) is 11.9. The van der Waals surface area contributed by atoms with Gasteiger partial charge in [0.05, 0.1) is 18.7 Å². The van der Waals surface area contributed by atoms with Crippen LogP contribution in [-0.2, 0) is 26.2 Å². The van der Waals surface area contributed by atoms with Crippen LogP contribution in [0.4, 0.5) is 0 Å². The molecule has 7 nitrogen and oxygen atoms in total. The van der Waals surface area contributed by atoms with E-state index in [0.717, 1.165) is 9.87 Å². The highest BCUT2D eigenvalue weighted by atomic mass is 32.2. The van der Waals surface area contributed by atoms with E-state index in [-0.39, 0.29) is 17.3 Å². The Bertz CT molecular complexity index is 1020. The summed E-state index contributed by atoms with van der Waals surface area (Å²) in [5.74, 6) is -0.355. The minimum atomic E-state index is -3.70. The molecule has 0 N–H and O–H groups in total. The molecule has 146 valence electrons. The van der Waals surface area contributed by atoms with E-state index in [1.165, 1.54) is 45.5 Å². The van der Waals surface area contributed by atoms with Crippen molar-refractivity contribution in [2.45, 2.75) is 11.5 Å². The number of hydrogen-bond acceptors (Lipinski definition) is 6. The van der Waals surface area contributed by atoms with E-state index in [1.807, 2.05) is 6.07 Å². The van der Waals surface area contributed by atoms with Gasteiger partial charge in [-0.05, 0) is 41.5 Å². The van der Waals surface area contributed by atoms with Gasteiger partial charge in [-0.3, -0.25) is 0 Å². The maximum absolute atomic E-state index is 12.4. The number of carbonyl (C=O) groups is 1. The molecule has 0 unspecified atom stereocenters. The van der Waals surface area contributed by atoms with Gasteiger partial charge in [0, 0.05) is 20.2 Å².